The second-order valence-electron chi connectivity index (χ2n) is 6.70. The summed E-state index contributed by atoms with van der Waals surface area (Å²) in [7, 11) is 0. The molecule has 0 aromatic heterocycles. The summed E-state index contributed by atoms with van der Waals surface area (Å²) in [6, 6.07) is 6.23. The first kappa shape index (κ1) is 16.5. The predicted octanol–water partition coefficient (Wildman–Crippen LogP) is 3.56. The number of carbonyl (C=O) groups excluding carboxylic acids is 2. The maximum absolute atomic E-state index is 12.5. The molecule has 1 atom stereocenters. The number of benzene rings is 1. The minimum Gasteiger partial charge on any atom is -0.353 e. The number of carbonyl (C=O) groups is 2. The van der Waals surface area contributed by atoms with E-state index in [2.05, 4.69) is 21.2 Å². The molecule has 1 heterocycles. The van der Waals surface area contributed by atoms with E-state index in [9.17, 15) is 9.59 Å². The molecular formula is C18H23BrN2O2. The minimum absolute atomic E-state index is 0.0262. The van der Waals surface area contributed by atoms with E-state index in [1.807, 2.05) is 25.1 Å². The van der Waals surface area contributed by atoms with Crippen molar-refractivity contribution < 1.29 is 9.59 Å². The summed E-state index contributed by atoms with van der Waals surface area (Å²) in [4.78, 5) is 26.5. The van der Waals surface area contributed by atoms with E-state index in [0.29, 0.717) is 19.0 Å². The summed E-state index contributed by atoms with van der Waals surface area (Å²) in [6.07, 6.45) is 6.09. The van der Waals surface area contributed by atoms with Crippen LogP contribution in [-0.2, 0) is 9.59 Å². The standard InChI is InChI=1S/C18H23BrN2O2/c1-12-7-8-16(15(19)9-12)21-11-13(10-17(21)22)18(23)20-14-5-3-2-4-6-14/h7-9,13-14H,2-6,10-11H2,1H3,(H,20,23). The lowest BCUT2D eigenvalue weighted by molar-refractivity contribution is -0.127. The maximum Gasteiger partial charge on any atom is 0.227 e. The second-order valence-corrected chi connectivity index (χ2v) is 7.56. The molecule has 1 aromatic carbocycles. The zero-order valence-electron chi connectivity index (χ0n) is 13.5. The van der Waals surface area contributed by atoms with E-state index < -0.39 is 0 Å². The Labute approximate surface area is 145 Å². The summed E-state index contributed by atoms with van der Waals surface area (Å²) in [5.41, 5.74) is 1.99. The van der Waals surface area contributed by atoms with Crippen LogP contribution in [0.15, 0.2) is 22.7 Å². The molecule has 2 fully saturated rings. The lowest BCUT2D eigenvalue weighted by Gasteiger charge is -2.24. The van der Waals surface area contributed by atoms with Gasteiger partial charge < -0.3 is 10.2 Å². The fourth-order valence-corrected chi connectivity index (χ4v) is 4.22. The van der Waals surface area contributed by atoms with Crippen molar-refractivity contribution in [1.82, 2.24) is 5.32 Å². The van der Waals surface area contributed by atoms with E-state index in [1.165, 1.54) is 19.3 Å². The van der Waals surface area contributed by atoms with Crippen molar-refractivity contribution in [2.75, 3.05) is 11.4 Å². The van der Waals surface area contributed by atoms with Crippen molar-refractivity contribution in [3.63, 3.8) is 0 Å². The normalized spacial score (nSPS) is 22.4. The molecule has 0 spiro atoms. The lowest BCUT2D eigenvalue weighted by atomic mass is 9.95. The van der Waals surface area contributed by atoms with Crippen LogP contribution in [-0.4, -0.2) is 24.4 Å². The average molecular weight is 379 g/mol. The van der Waals surface area contributed by atoms with E-state index in [-0.39, 0.29) is 17.7 Å². The van der Waals surface area contributed by atoms with Crippen molar-refractivity contribution in [2.45, 2.75) is 51.5 Å². The Kier molecular flexibility index (Phi) is 5.05. The number of nitrogens with zero attached hydrogens (tertiary/aromatic N) is 1. The molecule has 1 saturated carbocycles. The maximum atomic E-state index is 12.5. The van der Waals surface area contributed by atoms with Crippen LogP contribution < -0.4 is 10.2 Å². The Morgan fingerprint density at radius 3 is 2.70 bits per heavy atom. The second kappa shape index (κ2) is 7.04. The van der Waals surface area contributed by atoms with Gasteiger partial charge in [-0.2, -0.15) is 0 Å². The van der Waals surface area contributed by atoms with Gasteiger partial charge in [0.05, 0.1) is 11.6 Å². The number of nitrogens with one attached hydrogen (secondary N) is 1. The average Bonchev–Trinajstić information content (AvgIpc) is 2.90. The molecule has 0 radical (unpaired) electrons. The van der Waals surface area contributed by atoms with Gasteiger partial charge in [-0.1, -0.05) is 25.3 Å². The van der Waals surface area contributed by atoms with E-state index >= 15 is 0 Å². The minimum atomic E-state index is -0.238. The van der Waals surface area contributed by atoms with Crippen molar-refractivity contribution >= 4 is 33.4 Å². The number of rotatable bonds is 3. The van der Waals surface area contributed by atoms with Crippen LogP contribution in [0.2, 0.25) is 0 Å². The van der Waals surface area contributed by atoms with Gasteiger partial charge in [0.1, 0.15) is 0 Å². The highest BCUT2D eigenvalue weighted by molar-refractivity contribution is 9.10. The number of hydrogen-bond donors (Lipinski definition) is 1. The van der Waals surface area contributed by atoms with Gasteiger partial charge in [-0.15, -0.1) is 0 Å². The number of aryl methyl sites for hydroxylation is 1. The Morgan fingerprint density at radius 1 is 1.26 bits per heavy atom. The SMILES string of the molecule is Cc1ccc(N2CC(C(=O)NC3CCCCC3)CC2=O)c(Br)c1. The molecule has 4 nitrogen and oxygen atoms in total. The van der Waals surface area contributed by atoms with E-state index in [4.69, 9.17) is 0 Å². The monoisotopic (exact) mass is 378 g/mol. The number of halogens is 1. The molecule has 1 aromatic rings. The van der Waals surface area contributed by atoms with E-state index in [0.717, 1.165) is 28.6 Å². The largest absolute Gasteiger partial charge is 0.353 e. The van der Waals surface area contributed by atoms with Gasteiger partial charge in [0.2, 0.25) is 11.8 Å². The third kappa shape index (κ3) is 3.77. The molecule has 1 aliphatic carbocycles. The van der Waals surface area contributed by atoms with Crippen LogP contribution in [0.5, 0.6) is 0 Å². The smallest absolute Gasteiger partial charge is 0.227 e. The molecule has 1 aliphatic heterocycles. The van der Waals surface area contributed by atoms with Crippen LogP contribution in [0.25, 0.3) is 0 Å². The van der Waals surface area contributed by atoms with Gasteiger partial charge in [0.15, 0.2) is 0 Å². The molecular weight excluding hydrogens is 356 g/mol. The molecule has 124 valence electrons. The zero-order chi connectivity index (χ0) is 16.4. The highest BCUT2D eigenvalue weighted by Crippen LogP contribution is 2.32. The van der Waals surface area contributed by atoms with Gasteiger partial charge in [-0.3, -0.25) is 9.59 Å². The van der Waals surface area contributed by atoms with Crippen LogP contribution in [0.4, 0.5) is 5.69 Å². The van der Waals surface area contributed by atoms with Crippen LogP contribution in [0, 0.1) is 12.8 Å². The summed E-state index contributed by atoms with van der Waals surface area (Å²) < 4.78 is 0.902. The molecule has 0 bridgehead atoms. The Hall–Kier alpha value is -1.36. The quantitative estimate of drug-likeness (QED) is 0.873. The van der Waals surface area contributed by atoms with Crippen molar-refractivity contribution in [3.05, 3.63) is 28.2 Å². The van der Waals surface area contributed by atoms with E-state index in [1.54, 1.807) is 4.90 Å². The summed E-state index contributed by atoms with van der Waals surface area (Å²) in [5.74, 6) is -0.174. The molecule has 23 heavy (non-hydrogen) atoms. The Bertz CT molecular complexity index is 611. The van der Waals surface area contributed by atoms with Crippen LogP contribution >= 0.6 is 15.9 Å². The molecule has 3 rings (SSSR count). The molecule has 1 N–H and O–H groups in total. The lowest BCUT2D eigenvalue weighted by Crippen LogP contribution is -2.40. The van der Waals surface area contributed by atoms with Crippen LogP contribution in [0.3, 0.4) is 0 Å². The fraction of sp³-hybridized carbons (Fsp3) is 0.556. The van der Waals surface area contributed by atoms with Gasteiger partial charge in [0, 0.05) is 23.5 Å². The fourth-order valence-electron chi connectivity index (χ4n) is 3.51. The highest BCUT2D eigenvalue weighted by Gasteiger charge is 2.36. The third-order valence-electron chi connectivity index (χ3n) is 4.84. The molecule has 1 unspecified atom stereocenters. The van der Waals surface area contributed by atoms with Crippen molar-refractivity contribution in [2.24, 2.45) is 5.92 Å². The van der Waals surface area contributed by atoms with Gasteiger partial charge in [-0.05, 0) is 53.4 Å². The first-order valence-electron chi connectivity index (χ1n) is 8.41. The van der Waals surface area contributed by atoms with Gasteiger partial charge in [-0.25, -0.2) is 0 Å². The van der Waals surface area contributed by atoms with Crippen LogP contribution in [0.1, 0.15) is 44.1 Å². The summed E-state index contributed by atoms with van der Waals surface area (Å²) in [5, 5.41) is 3.15. The van der Waals surface area contributed by atoms with Gasteiger partial charge in [0.25, 0.3) is 0 Å². The number of amides is 2. The summed E-state index contributed by atoms with van der Waals surface area (Å²) in [6.45, 7) is 2.49. The van der Waals surface area contributed by atoms with Crippen molar-refractivity contribution in [3.8, 4) is 0 Å². The number of hydrogen-bond acceptors (Lipinski definition) is 2. The third-order valence-corrected chi connectivity index (χ3v) is 5.48. The van der Waals surface area contributed by atoms with Gasteiger partial charge >= 0.3 is 0 Å². The molecule has 1 saturated heterocycles. The summed E-state index contributed by atoms with van der Waals surface area (Å²) >= 11 is 3.53. The predicted molar refractivity (Wildman–Crippen MR) is 94.4 cm³/mol. The Balaban J connectivity index is 1.65. The molecule has 5 heteroatoms. The Morgan fingerprint density at radius 2 is 2.00 bits per heavy atom. The zero-order valence-corrected chi connectivity index (χ0v) is 15.1. The van der Waals surface area contributed by atoms with Crippen molar-refractivity contribution in [1.29, 1.82) is 0 Å². The highest BCUT2D eigenvalue weighted by atomic mass is 79.9. The number of anilines is 1. The molecule has 2 aliphatic rings. The topological polar surface area (TPSA) is 49.4 Å². The first-order chi connectivity index (χ1) is 11.0. The first-order valence-corrected chi connectivity index (χ1v) is 9.21. The molecule has 2 amide bonds.